The number of carbonyl (C=O) groups is 2. The number of carbonyl (C=O) groups excluding carboxylic acids is 2. The summed E-state index contributed by atoms with van der Waals surface area (Å²) in [4.78, 5) is 33.5. The van der Waals surface area contributed by atoms with Crippen LogP contribution in [0.5, 0.6) is 11.5 Å². The van der Waals surface area contributed by atoms with E-state index in [1.807, 2.05) is 18.2 Å². The first-order chi connectivity index (χ1) is 22.0. The average Bonchev–Trinajstić information content (AvgIpc) is 3.58. The lowest BCUT2D eigenvalue weighted by Gasteiger charge is -2.41. The van der Waals surface area contributed by atoms with Crippen molar-refractivity contribution in [3.8, 4) is 11.5 Å². The van der Waals surface area contributed by atoms with Crippen LogP contribution >= 0.6 is 11.6 Å². The van der Waals surface area contributed by atoms with E-state index in [0.29, 0.717) is 53.6 Å². The third kappa shape index (κ3) is 5.26. The molecule has 244 valence electrons. The molecule has 0 aromatic heterocycles. The number of nitrogens with zero attached hydrogens (tertiary/aromatic N) is 4. The van der Waals surface area contributed by atoms with Gasteiger partial charge in [-0.25, -0.2) is 22.4 Å². The van der Waals surface area contributed by atoms with Crippen LogP contribution in [0.4, 0.5) is 10.5 Å². The van der Waals surface area contributed by atoms with Crippen molar-refractivity contribution in [1.29, 1.82) is 0 Å². The van der Waals surface area contributed by atoms with Crippen LogP contribution in [0.1, 0.15) is 36.0 Å². The Balaban J connectivity index is 1.59. The van der Waals surface area contributed by atoms with Crippen LogP contribution in [0.3, 0.4) is 0 Å². The molecule has 3 aromatic carbocycles. The summed E-state index contributed by atoms with van der Waals surface area (Å²) < 4.78 is 46.8. The highest BCUT2D eigenvalue weighted by molar-refractivity contribution is 7.93. The van der Waals surface area contributed by atoms with E-state index in [1.54, 1.807) is 37.2 Å². The molecule has 2 atom stereocenters. The molecule has 3 aromatic rings. The Labute approximate surface area is 274 Å². The van der Waals surface area contributed by atoms with E-state index in [4.69, 9.17) is 25.8 Å². The zero-order valence-electron chi connectivity index (χ0n) is 26.2. The molecule has 6 rings (SSSR count). The maximum Gasteiger partial charge on any atom is 0.410 e. The first-order valence-corrected chi connectivity index (χ1v) is 16.9. The predicted molar refractivity (Wildman–Crippen MR) is 173 cm³/mol. The van der Waals surface area contributed by atoms with Gasteiger partial charge in [0, 0.05) is 43.3 Å². The van der Waals surface area contributed by atoms with E-state index in [0.717, 1.165) is 29.4 Å². The predicted octanol–water partition coefficient (Wildman–Crippen LogP) is 4.66. The van der Waals surface area contributed by atoms with Crippen LogP contribution in [0.2, 0.25) is 5.02 Å². The van der Waals surface area contributed by atoms with E-state index in [9.17, 15) is 13.2 Å². The minimum atomic E-state index is -4.45. The molecule has 3 heterocycles. The van der Waals surface area contributed by atoms with Gasteiger partial charge in [-0.2, -0.15) is 0 Å². The normalized spacial score (nSPS) is 21.5. The van der Waals surface area contributed by atoms with E-state index in [1.165, 1.54) is 43.4 Å². The van der Waals surface area contributed by atoms with Crippen LogP contribution in [0, 0.1) is 0 Å². The van der Waals surface area contributed by atoms with E-state index >= 15 is 4.79 Å². The number of benzene rings is 3. The van der Waals surface area contributed by atoms with Crippen molar-refractivity contribution in [1.82, 2.24) is 14.7 Å². The molecule has 11 nitrogen and oxygen atoms in total. The Kier molecular flexibility index (Phi) is 8.66. The van der Waals surface area contributed by atoms with Gasteiger partial charge in [-0.1, -0.05) is 23.7 Å². The highest BCUT2D eigenvalue weighted by Crippen LogP contribution is 2.55. The minimum absolute atomic E-state index is 0.0905. The van der Waals surface area contributed by atoms with E-state index < -0.39 is 33.8 Å². The fourth-order valence-corrected chi connectivity index (χ4v) is 8.16. The molecule has 3 aliphatic heterocycles. The van der Waals surface area contributed by atoms with Gasteiger partial charge >= 0.3 is 6.09 Å². The summed E-state index contributed by atoms with van der Waals surface area (Å²) in [6, 6.07) is 16.2. The van der Waals surface area contributed by atoms with Gasteiger partial charge in [0.15, 0.2) is 11.8 Å². The number of ether oxygens (including phenoxy) is 3. The monoisotopic (exact) mass is 668 g/mol. The summed E-state index contributed by atoms with van der Waals surface area (Å²) in [6.45, 7) is 3.05. The molecule has 0 spiro atoms. The van der Waals surface area contributed by atoms with Gasteiger partial charge in [0.1, 0.15) is 11.5 Å². The Hall–Kier alpha value is -3.84. The molecule has 0 saturated carbocycles. The molecule has 46 heavy (non-hydrogen) atoms. The molecule has 1 unspecified atom stereocenters. The second-order valence-corrected chi connectivity index (χ2v) is 14.1. The number of fused-ring (bicyclic) bond motifs is 1. The first-order valence-electron chi connectivity index (χ1n) is 15.1. The summed E-state index contributed by atoms with van der Waals surface area (Å²) in [7, 11) is 1.72. The largest absolute Gasteiger partial charge is 0.497 e. The first kappa shape index (κ1) is 32.1. The van der Waals surface area contributed by atoms with Crippen molar-refractivity contribution in [2.45, 2.75) is 42.5 Å². The Morgan fingerprint density at radius 3 is 2.33 bits per heavy atom. The summed E-state index contributed by atoms with van der Waals surface area (Å²) in [5, 5.41) is 0.314. The maximum absolute atomic E-state index is 15.3. The van der Waals surface area contributed by atoms with Gasteiger partial charge in [0.2, 0.25) is 0 Å². The molecule has 2 amide bonds. The molecule has 3 aliphatic rings. The molecule has 2 fully saturated rings. The maximum atomic E-state index is 15.3. The zero-order chi connectivity index (χ0) is 32.8. The summed E-state index contributed by atoms with van der Waals surface area (Å²) >= 11 is 6.61. The highest BCUT2D eigenvalue weighted by Gasteiger charge is 2.63. The molecule has 0 radical (unpaired) electrons. The zero-order valence-corrected chi connectivity index (χ0v) is 27.8. The Morgan fingerprint density at radius 2 is 1.70 bits per heavy atom. The van der Waals surface area contributed by atoms with Gasteiger partial charge in [-0.05, 0) is 86.4 Å². The summed E-state index contributed by atoms with van der Waals surface area (Å²) in [5.41, 5.74) is 0.155. The van der Waals surface area contributed by atoms with Crippen LogP contribution in [0.15, 0.2) is 65.6 Å². The number of hydrogen-bond acceptors (Lipinski definition) is 9. The van der Waals surface area contributed by atoms with Crippen molar-refractivity contribution < 1.29 is 32.2 Å². The third-order valence-electron chi connectivity index (χ3n) is 8.90. The molecular weight excluding hydrogens is 632 g/mol. The van der Waals surface area contributed by atoms with E-state index in [-0.39, 0.29) is 10.6 Å². The van der Waals surface area contributed by atoms with Gasteiger partial charge in [-0.15, -0.1) is 0 Å². The quantitative estimate of drug-likeness (QED) is 0.322. The van der Waals surface area contributed by atoms with Crippen LogP contribution in [0.25, 0.3) is 0 Å². The number of halogens is 1. The number of likely N-dealkylation sites (tertiary alicyclic amines) is 2. The summed E-state index contributed by atoms with van der Waals surface area (Å²) in [6.07, 6.45) is 0.746. The highest BCUT2D eigenvalue weighted by atomic mass is 35.5. The lowest BCUT2D eigenvalue weighted by Crippen LogP contribution is -2.57. The topological polar surface area (TPSA) is 109 Å². The molecular formula is C33H37ClN4O7S. The summed E-state index contributed by atoms with van der Waals surface area (Å²) in [5.74, 6) is 0.131. The lowest BCUT2D eigenvalue weighted by molar-refractivity contribution is -0.132. The van der Waals surface area contributed by atoms with Crippen molar-refractivity contribution in [3.05, 3.63) is 82.4 Å². The number of anilines is 1. The van der Waals surface area contributed by atoms with Gasteiger partial charge < -0.3 is 19.1 Å². The van der Waals surface area contributed by atoms with Crippen LogP contribution < -0.4 is 13.8 Å². The standard InChI is InChI=1S/C33H37ClN4O7S/c1-35(2)32(40)45-30-7-5-18-37(30)33(26-14-8-22(19-29(26)44-4)21-36-16-6-17-36)27-20-23(34)9-15-28(27)38(31(33)39)46(41,42)25-12-10-24(43-3)11-13-25/h8-15,19-20,30H,5-7,16-18,21H2,1-4H3/t30-,33?/m0/s1. The fraction of sp³-hybridized carbons (Fsp3) is 0.394. The SMILES string of the molecule is COc1ccc(S(=O)(=O)N2C(=O)C(c3ccc(CN4CCC4)cc3OC)(N3CCC[C@@H]3OC(=O)N(C)C)c3cc(Cl)ccc32)cc1. The second kappa shape index (κ2) is 12.4. The molecule has 2 saturated heterocycles. The van der Waals surface area contributed by atoms with Gasteiger partial charge in [-0.3, -0.25) is 9.69 Å². The Morgan fingerprint density at radius 1 is 0.957 bits per heavy atom. The van der Waals surface area contributed by atoms with Crippen LogP contribution in [-0.4, -0.2) is 89.3 Å². The number of methoxy groups -OCH3 is 2. The fourth-order valence-electron chi connectivity index (χ4n) is 6.53. The van der Waals surface area contributed by atoms with Crippen molar-refractivity contribution in [2.24, 2.45) is 0 Å². The number of sulfonamides is 1. The molecule has 0 aliphatic carbocycles. The third-order valence-corrected chi connectivity index (χ3v) is 10.8. The molecule has 0 bridgehead atoms. The van der Waals surface area contributed by atoms with E-state index in [2.05, 4.69) is 4.90 Å². The van der Waals surface area contributed by atoms with Crippen molar-refractivity contribution >= 4 is 39.3 Å². The van der Waals surface area contributed by atoms with Crippen molar-refractivity contribution in [2.75, 3.05) is 52.3 Å². The van der Waals surface area contributed by atoms with Gasteiger partial charge in [0.25, 0.3) is 15.9 Å². The number of rotatable bonds is 9. The number of amides is 2. The average molecular weight is 669 g/mol. The Bertz CT molecular complexity index is 1760. The lowest BCUT2D eigenvalue weighted by atomic mass is 9.81. The minimum Gasteiger partial charge on any atom is -0.497 e. The second-order valence-electron chi connectivity index (χ2n) is 11.9. The smallest absolute Gasteiger partial charge is 0.410 e. The molecule has 13 heteroatoms. The molecule has 0 N–H and O–H groups in total. The van der Waals surface area contributed by atoms with Crippen molar-refractivity contribution in [3.63, 3.8) is 0 Å². The number of hydrogen-bond donors (Lipinski definition) is 0. The van der Waals surface area contributed by atoms with Crippen LogP contribution in [-0.2, 0) is 31.6 Å². The van der Waals surface area contributed by atoms with Gasteiger partial charge in [0.05, 0.1) is 24.8 Å².